The predicted molar refractivity (Wildman–Crippen MR) is 156 cm³/mol. The van der Waals surface area contributed by atoms with Crippen molar-refractivity contribution in [3.05, 3.63) is 98.8 Å². The number of rotatable bonds is 7. The van der Waals surface area contributed by atoms with E-state index in [0.29, 0.717) is 66.3 Å². The molecule has 3 aromatic carbocycles. The number of halogens is 6. The van der Waals surface area contributed by atoms with Crippen molar-refractivity contribution >= 4 is 40.9 Å². The maximum Gasteiger partial charge on any atom is 0.416 e. The molecule has 1 unspecified atom stereocenters. The molecule has 2 heterocycles. The molecule has 6 nitrogen and oxygen atoms in total. The number of nitrogens with one attached hydrogen (secondary N) is 1. The normalized spacial score (nSPS) is 17.1. The van der Waals surface area contributed by atoms with Crippen LogP contribution in [0.5, 0.6) is 0 Å². The summed E-state index contributed by atoms with van der Waals surface area (Å²) in [7, 11) is 1.56. The number of carbonyl (C=O) groups is 2. The van der Waals surface area contributed by atoms with E-state index in [1.807, 2.05) is 0 Å². The van der Waals surface area contributed by atoms with Gasteiger partial charge in [0.05, 0.1) is 27.2 Å². The zero-order valence-corrected chi connectivity index (χ0v) is 24.7. The van der Waals surface area contributed by atoms with Crippen molar-refractivity contribution in [3.63, 3.8) is 0 Å². The molecule has 0 saturated carbocycles. The summed E-state index contributed by atoms with van der Waals surface area (Å²) in [6, 6.07) is 14.1. The van der Waals surface area contributed by atoms with Gasteiger partial charge in [-0.05, 0) is 66.6 Å². The van der Waals surface area contributed by atoms with Gasteiger partial charge in [0.2, 0.25) is 5.91 Å². The summed E-state index contributed by atoms with van der Waals surface area (Å²) in [4.78, 5) is 29.6. The number of likely N-dealkylation sites (N-methyl/N-ethyl adjacent to an activating group) is 1. The number of alkyl halides is 3. The quantitative estimate of drug-likeness (QED) is 0.268. The second-order valence-electron chi connectivity index (χ2n) is 10.9. The molecule has 228 valence electrons. The van der Waals surface area contributed by atoms with E-state index in [1.165, 1.54) is 29.2 Å². The Morgan fingerprint density at radius 2 is 1.81 bits per heavy atom. The van der Waals surface area contributed by atoms with Crippen LogP contribution >= 0.6 is 23.2 Å². The van der Waals surface area contributed by atoms with E-state index < -0.39 is 35.2 Å². The fourth-order valence-corrected chi connectivity index (χ4v) is 6.12. The van der Waals surface area contributed by atoms with Crippen molar-refractivity contribution in [1.82, 2.24) is 9.80 Å². The first-order valence-electron chi connectivity index (χ1n) is 13.7. The molecule has 5 rings (SSSR count). The van der Waals surface area contributed by atoms with Gasteiger partial charge in [0, 0.05) is 45.1 Å². The molecule has 2 aliphatic rings. The lowest BCUT2D eigenvalue weighted by Crippen LogP contribution is -2.48. The molecule has 0 bridgehead atoms. The number of hydrogen-bond donors (Lipinski definition) is 1. The molecule has 2 aliphatic heterocycles. The predicted octanol–water partition coefficient (Wildman–Crippen LogP) is 7.84. The Morgan fingerprint density at radius 3 is 2.51 bits per heavy atom. The minimum atomic E-state index is -4.49. The van der Waals surface area contributed by atoms with Crippen molar-refractivity contribution in [2.75, 3.05) is 32.0 Å². The fraction of sp³-hybridized carbons (Fsp3) is 0.355. The van der Waals surface area contributed by atoms with Crippen molar-refractivity contribution in [3.8, 4) is 0 Å². The highest BCUT2D eigenvalue weighted by Crippen LogP contribution is 2.44. The van der Waals surface area contributed by atoms with Crippen molar-refractivity contribution in [1.29, 1.82) is 0 Å². The number of hydrogen-bond acceptors (Lipinski definition) is 4. The largest absolute Gasteiger partial charge is 0.438 e. The number of nitrogens with zero attached hydrogens (tertiary/aromatic N) is 2. The van der Waals surface area contributed by atoms with Gasteiger partial charge in [-0.25, -0.2) is 9.18 Å². The average Bonchev–Trinajstić information content (AvgIpc) is 2.96. The van der Waals surface area contributed by atoms with Gasteiger partial charge in [0.15, 0.2) is 0 Å². The van der Waals surface area contributed by atoms with Crippen LogP contribution in [0, 0.1) is 5.82 Å². The molecule has 0 radical (unpaired) electrons. The van der Waals surface area contributed by atoms with Gasteiger partial charge >= 0.3 is 12.3 Å². The molecule has 2 amide bonds. The Morgan fingerprint density at radius 1 is 1.07 bits per heavy atom. The van der Waals surface area contributed by atoms with E-state index >= 15 is 0 Å². The Balaban J connectivity index is 1.30. The Bertz CT molecular complexity index is 1530. The molecule has 1 saturated heterocycles. The van der Waals surface area contributed by atoms with Gasteiger partial charge in [-0.2, -0.15) is 13.2 Å². The summed E-state index contributed by atoms with van der Waals surface area (Å²) in [6.07, 6.45) is -3.79. The lowest BCUT2D eigenvalue weighted by atomic mass is 9.82. The molecule has 12 heteroatoms. The third kappa shape index (κ3) is 6.92. The van der Waals surface area contributed by atoms with E-state index in [1.54, 1.807) is 31.3 Å². The minimum Gasteiger partial charge on any atom is -0.438 e. The van der Waals surface area contributed by atoms with Crippen LogP contribution in [0.1, 0.15) is 47.4 Å². The smallest absolute Gasteiger partial charge is 0.416 e. The highest BCUT2D eigenvalue weighted by molar-refractivity contribution is 6.42. The number of amides is 2. The number of carbonyl (C=O) groups excluding carboxylic acids is 2. The molecule has 1 fully saturated rings. The van der Waals surface area contributed by atoms with E-state index in [-0.39, 0.29) is 17.5 Å². The molecule has 1 atom stereocenters. The first kappa shape index (κ1) is 31.1. The summed E-state index contributed by atoms with van der Waals surface area (Å²) < 4.78 is 59.5. The number of anilines is 1. The van der Waals surface area contributed by atoms with Crippen LogP contribution in [0.25, 0.3) is 0 Å². The Hall–Kier alpha value is -3.34. The van der Waals surface area contributed by atoms with Crippen molar-refractivity contribution in [2.45, 2.75) is 43.5 Å². The van der Waals surface area contributed by atoms with Crippen molar-refractivity contribution < 1.29 is 31.9 Å². The third-order valence-corrected chi connectivity index (χ3v) is 8.83. The fourth-order valence-electron chi connectivity index (χ4n) is 5.82. The summed E-state index contributed by atoms with van der Waals surface area (Å²) in [5.74, 6) is -1.34. The van der Waals surface area contributed by atoms with E-state index in [4.69, 9.17) is 27.9 Å². The van der Waals surface area contributed by atoms with Crippen LogP contribution in [0.15, 0.2) is 60.7 Å². The standard InChI is InChI=1S/C31H29Cl2F4N3O3/c1-39(18-19-3-2-4-21(15-19)31(35,36)37)28(41)23(20-5-7-25(32)26(33)16-20)9-12-40-13-10-30(11-14-40)24-17-22(34)6-8-27(24)38-29(42)43-30/h2-8,15-17,23H,9-14,18H2,1H3,(H,38,42). The van der Waals surface area contributed by atoms with E-state index in [2.05, 4.69) is 10.2 Å². The maximum atomic E-state index is 14.1. The van der Waals surface area contributed by atoms with Crippen LogP contribution in [-0.2, 0) is 27.9 Å². The van der Waals surface area contributed by atoms with Crippen molar-refractivity contribution in [2.24, 2.45) is 0 Å². The van der Waals surface area contributed by atoms with Gasteiger partial charge in [-0.3, -0.25) is 10.1 Å². The van der Waals surface area contributed by atoms with Crippen LogP contribution in [0.2, 0.25) is 10.0 Å². The van der Waals surface area contributed by atoms with Crippen LogP contribution in [0.3, 0.4) is 0 Å². The number of fused-ring (bicyclic) bond motifs is 2. The number of benzene rings is 3. The SMILES string of the molecule is CN(Cc1cccc(C(F)(F)F)c1)C(=O)C(CCN1CCC2(CC1)OC(=O)Nc1ccc(F)cc12)c1ccc(Cl)c(Cl)c1. The minimum absolute atomic E-state index is 0.0117. The highest BCUT2D eigenvalue weighted by atomic mass is 35.5. The van der Waals surface area contributed by atoms with Gasteiger partial charge < -0.3 is 14.5 Å². The monoisotopic (exact) mass is 637 g/mol. The Labute approximate surface area is 256 Å². The maximum absolute atomic E-state index is 14.1. The Kier molecular flexibility index (Phi) is 8.92. The number of ether oxygens (including phenoxy) is 1. The summed E-state index contributed by atoms with van der Waals surface area (Å²) >= 11 is 12.4. The molecule has 0 aromatic heterocycles. The third-order valence-electron chi connectivity index (χ3n) is 8.09. The van der Waals surface area contributed by atoms with Crippen LogP contribution in [-0.4, -0.2) is 48.5 Å². The molecular weight excluding hydrogens is 609 g/mol. The van der Waals surface area contributed by atoms with Crippen LogP contribution in [0.4, 0.5) is 28.0 Å². The zero-order valence-electron chi connectivity index (χ0n) is 23.2. The molecular formula is C31H29Cl2F4N3O3. The lowest BCUT2D eigenvalue weighted by Gasteiger charge is -2.44. The van der Waals surface area contributed by atoms with Gasteiger partial charge in [0.1, 0.15) is 11.4 Å². The summed E-state index contributed by atoms with van der Waals surface area (Å²) in [5, 5.41) is 3.25. The summed E-state index contributed by atoms with van der Waals surface area (Å²) in [5.41, 5.74) is 0.403. The molecule has 3 aromatic rings. The topological polar surface area (TPSA) is 61.9 Å². The van der Waals surface area contributed by atoms with Gasteiger partial charge in [-0.15, -0.1) is 0 Å². The second-order valence-corrected chi connectivity index (χ2v) is 11.8. The number of likely N-dealkylation sites (tertiary alicyclic amines) is 1. The highest BCUT2D eigenvalue weighted by Gasteiger charge is 2.44. The zero-order chi connectivity index (χ0) is 30.9. The van der Waals surface area contributed by atoms with E-state index in [9.17, 15) is 27.2 Å². The molecule has 0 aliphatic carbocycles. The summed E-state index contributed by atoms with van der Waals surface area (Å²) in [6.45, 7) is 1.56. The second kappa shape index (κ2) is 12.3. The average molecular weight is 638 g/mol. The van der Waals surface area contributed by atoms with E-state index in [0.717, 1.165) is 12.1 Å². The van der Waals surface area contributed by atoms with Gasteiger partial charge in [0.25, 0.3) is 0 Å². The molecule has 1 N–H and O–H groups in total. The first-order chi connectivity index (χ1) is 20.3. The van der Waals surface area contributed by atoms with Gasteiger partial charge in [-0.1, -0.05) is 41.4 Å². The molecule has 43 heavy (non-hydrogen) atoms. The number of piperidine rings is 1. The molecule has 1 spiro atoms. The van der Waals surface area contributed by atoms with Crippen LogP contribution < -0.4 is 5.32 Å². The lowest BCUT2D eigenvalue weighted by molar-refractivity contribution is -0.137. The first-order valence-corrected chi connectivity index (χ1v) is 14.5.